The largest absolute Gasteiger partial charge is 0.348 e. The fraction of sp³-hybridized carbons (Fsp3) is 0.273. The van der Waals surface area contributed by atoms with Gasteiger partial charge in [0, 0.05) is 14.1 Å². The van der Waals surface area contributed by atoms with Crippen molar-refractivity contribution < 1.29 is 0 Å². The van der Waals surface area contributed by atoms with Crippen molar-refractivity contribution in [3.05, 3.63) is 28.8 Å². The van der Waals surface area contributed by atoms with E-state index in [0.717, 1.165) is 5.56 Å². The van der Waals surface area contributed by atoms with E-state index in [2.05, 4.69) is 10.3 Å². The van der Waals surface area contributed by atoms with E-state index in [1.807, 2.05) is 25.2 Å². The molecule has 84 valence electrons. The Morgan fingerprint density at radius 3 is 2.69 bits per heavy atom. The highest BCUT2D eigenvalue weighted by atomic mass is 35.5. The first-order chi connectivity index (χ1) is 7.56. The summed E-state index contributed by atoms with van der Waals surface area (Å²) in [5.41, 5.74) is 1.64. The molecule has 0 aliphatic heterocycles. The van der Waals surface area contributed by atoms with Crippen molar-refractivity contribution in [1.82, 2.24) is 10.2 Å². The van der Waals surface area contributed by atoms with Crippen molar-refractivity contribution in [3.63, 3.8) is 0 Å². The number of nitrogens with zero attached hydrogens (tertiary/aromatic N) is 3. The summed E-state index contributed by atoms with van der Waals surface area (Å²) in [7, 11) is 3.60. The van der Waals surface area contributed by atoms with Crippen LogP contribution in [0.4, 0.5) is 5.69 Å². The second-order valence-electron chi connectivity index (χ2n) is 3.47. The maximum absolute atomic E-state index is 8.60. The van der Waals surface area contributed by atoms with Crippen molar-refractivity contribution in [2.45, 2.75) is 6.92 Å². The van der Waals surface area contributed by atoms with Gasteiger partial charge in [-0.3, -0.25) is 5.32 Å². The van der Waals surface area contributed by atoms with Crippen molar-refractivity contribution in [2.75, 3.05) is 14.1 Å². The SMILES string of the molecule is Cc1cccc(Cl)c1N=C(NC#N)N(C)C. The van der Waals surface area contributed by atoms with Crippen LogP contribution < -0.4 is 5.32 Å². The van der Waals surface area contributed by atoms with Gasteiger partial charge in [-0.05, 0) is 18.6 Å². The van der Waals surface area contributed by atoms with E-state index in [4.69, 9.17) is 16.9 Å². The van der Waals surface area contributed by atoms with Crippen LogP contribution in [0.3, 0.4) is 0 Å². The van der Waals surface area contributed by atoms with Crippen LogP contribution >= 0.6 is 11.6 Å². The molecule has 0 saturated heterocycles. The second kappa shape index (κ2) is 5.38. The number of benzene rings is 1. The van der Waals surface area contributed by atoms with Gasteiger partial charge in [0.1, 0.15) is 0 Å². The number of halogens is 1. The highest BCUT2D eigenvalue weighted by molar-refractivity contribution is 6.33. The third-order valence-corrected chi connectivity index (χ3v) is 2.30. The zero-order chi connectivity index (χ0) is 12.1. The van der Waals surface area contributed by atoms with Crippen molar-refractivity contribution >= 4 is 23.2 Å². The molecule has 0 aromatic heterocycles. The number of guanidine groups is 1. The number of nitrogens with one attached hydrogen (secondary N) is 1. The van der Waals surface area contributed by atoms with Gasteiger partial charge in [-0.25, -0.2) is 4.99 Å². The van der Waals surface area contributed by atoms with Gasteiger partial charge in [0.2, 0.25) is 5.96 Å². The Kier molecular flexibility index (Phi) is 4.15. The summed E-state index contributed by atoms with van der Waals surface area (Å²) in [6.07, 6.45) is 1.84. The van der Waals surface area contributed by atoms with Crippen LogP contribution in [-0.4, -0.2) is 25.0 Å². The molecule has 1 rings (SSSR count). The molecule has 1 aromatic carbocycles. The lowest BCUT2D eigenvalue weighted by atomic mass is 10.2. The molecule has 16 heavy (non-hydrogen) atoms. The fourth-order valence-corrected chi connectivity index (χ4v) is 1.42. The predicted molar refractivity (Wildman–Crippen MR) is 65.7 cm³/mol. The molecular formula is C11H13ClN4. The molecule has 4 nitrogen and oxygen atoms in total. The molecule has 1 aromatic rings. The maximum Gasteiger partial charge on any atom is 0.212 e. The molecule has 0 aliphatic carbocycles. The molecule has 0 unspecified atom stereocenters. The number of para-hydroxylation sites is 1. The molecule has 0 amide bonds. The van der Waals surface area contributed by atoms with Crippen LogP contribution in [0.1, 0.15) is 5.56 Å². The first kappa shape index (κ1) is 12.3. The van der Waals surface area contributed by atoms with Crippen LogP contribution in [0.15, 0.2) is 23.2 Å². The maximum atomic E-state index is 8.60. The first-order valence-corrected chi connectivity index (χ1v) is 5.10. The van der Waals surface area contributed by atoms with Crippen LogP contribution in [-0.2, 0) is 0 Å². The van der Waals surface area contributed by atoms with Crippen molar-refractivity contribution in [2.24, 2.45) is 4.99 Å². The molecule has 0 radical (unpaired) electrons. The van der Waals surface area contributed by atoms with Crippen LogP contribution in [0.5, 0.6) is 0 Å². The van der Waals surface area contributed by atoms with Gasteiger partial charge >= 0.3 is 0 Å². The quantitative estimate of drug-likeness (QED) is 0.352. The Balaban J connectivity index is 3.18. The summed E-state index contributed by atoms with van der Waals surface area (Å²) in [5.74, 6) is 0.457. The minimum atomic E-state index is 0.457. The molecule has 5 heteroatoms. The van der Waals surface area contributed by atoms with Gasteiger partial charge in [0.05, 0.1) is 10.7 Å². The number of hydrogen-bond donors (Lipinski definition) is 1. The summed E-state index contributed by atoms with van der Waals surface area (Å²) in [6.45, 7) is 1.92. The van der Waals surface area contributed by atoms with Gasteiger partial charge in [0.25, 0.3) is 0 Å². The van der Waals surface area contributed by atoms with Gasteiger partial charge in [-0.15, -0.1) is 0 Å². The summed E-state index contributed by atoms with van der Waals surface area (Å²) in [5, 5.41) is 11.7. The van der Waals surface area contributed by atoms with E-state index in [1.165, 1.54) is 0 Å². The van der Waals surface area contributed by atoms with Crippen LogP contribution in [0.2, 0.25) is 5.02 Å². The Bertz CT molecular complexity index is 426. The number of aryl methyl sites for hydroxylation is 1. The van der Waals surface area contributed by atoms with Gasteiger partial charge in [-0.2, -0.15) is 5.26 Å². The Hall–Kier alpha value is -1.73. The average molecular weight is 237 g/mol. The molecule has 0 saturated carbocycles. The third-order valence-electron chi connectivity index (χ3n) is 2.00. The molecule has 0 atom stereocenters. The molecular weight excluding hydrogens is 224 g/mol. The van der Waals surface area contributed by atoms with Gasteiger partial charge in [-0.1, -0.05) is 23.7 Å². The summed E-state index contributed by atoms with van der Waals surface area (Å²) in [6, 6.07) is 5.56. The Morgan fingerprint density at radius 2 is 2.19 bits per heavy atom. The highest BCUT2D eigenvalue weighted by Crippen LogP contribution is 2.28. The van der Waals surface area contributed by atoms with Gasteiger partial charge < -0.3 is 4.90 Å². The Labute approximate surface area is 100 Å². The normalized spacial score (nSPS) is 10.8. The minimum absolute atomic E-state index is 0.457. The molecule has 0 heterocycles. The molecule has 0 spiro atoms. The van der Waals surface area contributed by atoms with Crippen molar-refractivity contribution in [3.8, 4) is 6.19 Å². The topological polar surface area (TPSA) is 51.4 Å². The summed E-state index contributed by atoms with van der Waals surface area (Å²) in [4.78, 5) is 6.04. The number of aliphatic imine (C=N–C) groups is 1. The highest BCUT2D eigenvalue weighted by Gasteiger charge is 2.06. The number of nitriles is 1. The molecule has 1 N–H and O–H groups in total. The molecule has 0 aliphatic rings. The first-order valence-electron chi connectivity index (χ1n) is 4.72. The summed E-state index contributed by atoms with van der Waals surface area (Å²) >= 11 is 6.04. The minimum Gasteiger partial charge on any atom is -0.348 e. The lowest BCUT2D eigenvalue weighted by Gasteiger charge is -2.14. The molecule has 0 bridgehead atoms. The van der Waals surface area contributed by atoms with E-state index < -0.39 is 0 Å². The second-order valence-corrected chi connectivity index (χ2v) is 3.88. The zero-order valence-corrected chi connectivity index (χ0v) is 10.2. The van der Waals surface area contributed by atoms with E-state index in [0.29, 0.717) is 16.7 Å². The Morgan fingerprint density at radius 1 is 1.50 bits per heavy atom. The molecule has 0 fully saturated rings. The van der Waals surface area contributed by atoms with E-state index in [-0.39, 0.29) is 0 Å². The third kappa shape index (κ3) is 2.88. The smallest absolute Gasteiger partial charge is 0.212 e. The van der Waals surface area contributed by atoms with Crippen molar-refractivity contribution in [1.29, 1.82) is 5.26 Å². The summed E-state index contributed by atoms with van der Waals surface area (Å²) < 4.78 is 0. The van der Waals surface area contributed by atoms with E-state index in [9.17, 15) is 0 Å². The van der Waals surface area contributed by atoms with Crippen LogP contribution in [0.25, 0.3) is 0 Å². The average Bonchev–Trinajstić information content (AvgIpc) is 2.21. The predicted octanol–water partition coefficient (Wildman–Crippen LogP) is 2.27. The monoisotopic (exact) mass is 236 g/mol. The fourth-order valence-electron chi connectivity index (χ4n) is 1.16. The van der Waals surface area contributed by atoms with E-state index in [1.54, 1.807) is 25.1 Å². The standard InChI is InChI=1S/C11H13ClN4/c1-8-5-4-6-9(12)10(8)15-11(14-7-13)16(2)3/h4-6H,1-3H3,(H,14,15). The number of rotatable bonds is 1. The van der Waals surface area contributed by atoms with Crippen LogP contribution in [0, 0.1) is 18.4 Å². The lowest BCUT2D eigenvalue weighted by Crippen LogP contribution is -2.33. The zero-order valence-electron chi connectivity index (χ0n) is 9.45. The van der Waals surface area contributed by atoms with Gasteiger partial charge in [0.15, 0.2) is 6.19 Å². The number of hydrogen-bond acceptors (Lipinski definition) is 2. The lowest BCUT2D eigenvalue weighted by molar-refractivity contribution is 0.603. The van der Waals surface area contributed by atoms with E-state index >= 15 is 0 Å².